The number of carbonyl (C=O) groups excluding carboxylic acids is 3. The molecule has 2 aliphatic heterocycles. The van der Waals surface area contributed by atoms with Gasteiger partial charge in [0.05, 0.1) is 0 Å². The van der Waals surface area contributed by atoms with Crippen LogP contribution in [-0.2, 0) is 16.1 Å². The molecule has 1 atom stereocenters. The van der Waals surface area contributed by atoms with Crippen LogP contribution in [-0.4, -0.2) is 28.7 Å². The molecule has 1 unspecified atom stereocenters. The molecule has 2 heterocycles. The van der Waals surface area contributed by atoms with Crippen LogP contribution in [0.5, 0.6) is 0 Å². The van der Waals surface area contributed by atoms with Crippen molar-refractivity contribution in [2.75, 3.05) is 0 Å². The Bertz CT molecular complexity index is 684. The summed E-state index contributed by atoms with van der Waals surface area (Å²) in [6, 6.07) is 2.12. The van der Waals surface area contributed by atoms with E-state index in [1.54, 1.807) is 0 Å². The molecule has 1 aromatic rings. The van der Waals surface area contributed by atoms with Gasteiger partial charge in [-0.25, -0.2) is 4.39 Å². The van der Waals surface area contributed by atoms with Gasteiger partial charge >= 0.3 is 0 Å². The lowest BCUT2D eigenvalue weighted by molar-refractivity contribution is -0.136. The molecule has 0 aromatic heterocycles. The number of nitrogens with one attached hydrogen (secondary N) is 1. The largest absolute Gasteiger partial charge is 0.322 e. The summed E-state index contributed by atoms with van der Waals surface area (Å²) < 4.78 is 14.1. The minimum absolute atomic E-state index is 0.0514. The van der Waals surface area contributed by atoms with E-state index < -0.39 is 11.9 Å². The summed E-state index contributed by atoms with van der Waals surface area (Å²) in [6.45, 7) is 3.96. The van der Waals surface area contributed by atoms with Gasteiger partial charge in [-0.1, -0.05) is 13.8 Å². The van der Waals surface area contributed by atoms with Crippen molar-refractivity contribution in [3.8, 4) is 0 Å². The first-order valence-electron chi connectivity index (χ1n) is 7.36. The molecule has 1 fully saturated rings. The molecular weight excluding hydrogens is 287 g/mol. The Kier molecular flexibility index (Phi) is 3.47. The molecule has 6 heteroatoms. The highest BCUT2D eigenvalue weighted by atomic mass is 19.1. The topological polar surface area (TPSA) is 66.5 Å². The molecule has 0 saturated carbocycles. The number of benzene rings is 1. The van der Waals surface area contributed by atoms with E-state index in [9.17, 15) is 18.8 Å². The Labute approximate surface area is 127 Å². The minimum Gasteiger partial charge on any atom is -0.322 e. The van der Waals surface area contributed by atoms with Crippen LogP contribution in [0.3, 0.4) is 0 Å². The average Bonchev–Trinajstić information content (AvgIpc) is 2.75. The second kappa shape index (κ2) is 5.19. The molecule has 1 aromatic carbocycles. The first-order chi connectivity index (χ1) is 10.4. The van der Waals surface area contributed by atoms with E-state index in [4.69, 9.17) is 0 Å². The molecule has 0 spiro atoms. The molecule has 2 aliphatic rings. The van der Waals surface area contributed by atoms with Gasteiger partial charge in [-0.15, -0.1) is 0 Å². The highest BCUT2D eigenvalue weighted by Crippen LogP contribution is 2.34. The zero-order valence-corrected chi connectivity index (χ0v) is 12.5. The Morgan fingerprint density at radius 2 is 2.00 bits per heavy atom. The second-order valence-electron chi connectivity index (χ2n) is 6.04. The van der Waals surface area contributed by atoms with Crippen molar-refractivity contribution >= 4 is 17.7 Å². The normalized spacial score (nSPS) is 21.4. The van der Waals surface area contributed by atoms with Gasteiger partial charge in [0.15, 0.2) is 0 Å². The van der Waals surface area contributed by atoms with Crippen LogP contribution in [0.2, 0.25) is 0 Å². The van der Waals surface area contributed by atoms with E-state index >= 15 is 0 Å². The van der Waals surface area contributed by atoms with Gasteiger partial charge in [-0.05, 0) is 35.6 Å². The highest BCUT2D eigenvalue weighted by Gasteiger charge is 2.40. The summed E-state index contributed by atoms with van der Waals surface area (Å²) in [5.74, 6) is -1.43. The van der Waals surface area contributed by atoms with Gasteiger partial charge in [0.25, 0.3) is 5.91 Å². The van der Waals surface area contributed by atoms with E-state index in [0.717, 1.165) is 0 Å². The van der Waals surface area contributed by atoms with Gasteiger partial charge in [-0.2, -0.15) is 0 Å². The van der Waals surface area contributed by atoms with Gasteiger partial charge in [0.1, 0.15) is 11.9 Å². The minimum atomic E-state index is -0.666. The monoisotopic (exact) mass is 304 g/mol. The van der Waals surface area contributed by atoms with Gasteiger partial charge in [0.2, 0.25) is 11.8 Å². The lowest BCUT2D eigenvalue weighted by atomic mass is 9.94. The molecular formula is C16H17FN2O3. The number of rotatable bonds is 2. The lowest BCUT2D eigenvalue weighted by Gasteiger charge is -2.29. The molecule has 0 aliphatic carbocycles. The van der Waals surface area contributed by atoms with E-state index in [1.807, 2.05) is 13.8 Å². The van der Waals surface area contributed by atoms with E-state index in [1.165, 1.54) is 17.0 Å². The smallest absolute Gasteiger partial charge is 0.255 e. The van der Waals surface area contributed by atoms with Crippen LogP contribution in [0.15, 0.2) is 12.1 Å². The lowest BCUT2D eigenvalue weighted by Crippen LogP contribution is -2.52. The number of piperidine rings is 1. The molecule has 3 amide bonds. The van der Waals surface area contributed by atoms with Gasteiger partial charge in [-0.3, -0.25) is 19.7 Å². The highest BCUT2D eigenvalue weighted by molar-refractivity contribution is 6.05. The molecule has 5 nitrogen and oxygen atoms in total. The fourth-order valence-electron chi connectivity index (χ4n) is 3.26. The Morgan fingerprint density at radius 1 is 1.27 bits per heavy atom. The summed E-state index contributed by atoms with van der Waals surface area (Å²) in [5, 5.41) is 2.26. The maximum atomic E-state index is 14.1. The number of hydrogen-bond donors (Lipinski definition) is 1. The molecule has 116 valence electrons. The van der Waals surface area contributed by atoms with E-state index in [0.29, 0.717) is 23.1 Å². The average molecular weight is 304 g/mol. The van der Waals surface area contributed by atoms with Crippen molar-refractivity contribution in [2.45, 2.75) is 45.2 Å². The number of fused-ring (bicyclic) bond motifs is 1. The Morgan fingerprint density at radius 3 is 2.64 bits per heavy atom. The molecule has 1 saturated heterocycles. The summed E-state index contributed by atoms with van der Waals surface area (Å²) in [5.41, 5.74) is 1.64. The maximum absolute atomic E-state index is 14.1. The third-order valence-corrected chi connectivity index (χ3v) is 4.29. The standard InChI is InChI=1S/C16H17FN2O3/c1-8(2)14-10-7-19(12-5-6-13(20)18-15(12)21)16(22)9(10)3-4-11(14)17/h3-4,8,12H,5-7H2,1-2H3,(H,18,20,21). The molecule has 0 radical (unpaired) electrons. The van der Waals surface area contributed by atoms with Gasteiger partial charge in [0, 0.05) is 18.5 Å². The number of imide groups is 1. The van der Waals surface area contributed by atoms with Crippen molar-refractivity contribution in [1.29, 1.82) is 0 Å². The van der Waals surface area contributed by atoms with Crippen LogP contribution in [0.25, 0.3) is 0 Å². The number of amides is 3. The van der Waals surface area contributed by atoms with Gasteiger partial charge < -0.3 is 4.90 Å². The SMILES string of the molecule is CC(C)c1c(F)ccc2c1CN(C1CCC(=O)NC1=O)C2=O. The van der Waals surface area contributed by atoms with Crippen molar-refractivity contribution < 1.29 is 18.8 Å². The van der Waals surface area contributed by atoms with Crippen LogP contribution in [0.4, 0.5) is 4.39 Å². The predicted octanol–water partition coefficient (Wildman–Crippen LogP) is 1.71. The first-order valence-corrected chi connectivity index (χ1v) is 7.36. The van der Waals surface area contributed by atoms with Crippen molar-refractivity contribution in [1.82, 2.24) is 10.2 Å². The predicted molar refractivity (Wildman–Crippen MR) is 76.5 cm³/mol. The van der Waals surface area contributed by atoms with Crippen LogP contribution in [0, 0.1) is 5.82 Å². The first kappa shape index (κ1) is 14.7. The maximum Gasteiger partial charge on any atom is 0.255 e. The summed E-state index contributed by atoms with van der Waals surface area (Å²) >= 11 is 0. The van der Waals surface area contributed by atoms with Crippen molar-refractivity contribution in [3.05, 3.63) is 34.6 Å². The molecule has 22 heavy (non-hydrogen) atoms. The molecule has 3 rings (SSSR count). The Hall–Kier alpha value is -2.24. The van der Waals surface area contributed by atoms with Crippen LogP contribution >= 0.6 is 0 Å². The van der Waals surface area contributed by atoms with E-state index in [-0.39, 0.29) is 36.5 Å². The van der Waals surface area contributed by atoms with Crippen LogP contribution < -0.4 is 5.32 Å². The third kappa shape index (κ3) is 2.19. The summed E-state index contributed by atoms with van der Waals surface area (Å²) in [7, 11) is 0. The number of hydrogen-bond acceptors (Lipinski definition) is 3. The van der Waals surface area contributed by atoms with Crippen LogP contribution in [0.1, 0.15) is 54.1 Å². The quantitative estimate of drug-likeness (QED) is 0.846. The third-order valence-electron chi connectivity index (χ3n) is 4.29. The van der Waals surface area contributed by atoms with Crippen molar-refractivity contribution in [2.24, 2.45) is 0 Å². The Balaban J connectivity index is 1.96. The van der Waals surface area contributed by atoms with E-state index in [2.05, 4.69) is 5.32 Å². The molecule has 1 N–H and O–H groups in total. The number of carbonyl (C=O) groups is 3. The van der Waals surface area contributed by atoms with Crippen molar-refractivity contribution in [3.63, 3.8) is 0 Å². The number of halogens is 1. The molecule has 0 bridgehead atoms. The number of nitrogens with zero attached hydrogens (tertiary/aromatic N) is 1. The summed E-state index contributed by atoms with van der Waals surface area (Å²) in [6.07, 6.45) is 0.520. The fourth-order valence-corrected chi connectivity index (χ4v) is 3.26. The zero-order valence-electron chi connectivity index (χ0n) is 12.5. The fraction of sp³-hybridized carbons (Fsp3) is 0.438. The summed E-state index contributed by atoms with van der Waals surface area (Å²) in [4.78, 5) is 37.2. The second-order valence-corrected chi connectivity index (χ2v) is 6.04. The zero-order chi connectivity index (χ0) is 16.0.